The van der Waals surface area contributed by atoms with E-state index in [1.165, 1.54) is 6.92 Å². The normalized spacial score (nSPS) is 10.3. The molecule has 0 aromatic heterocycles. The van der Waals surface area contributed by atoms with Gasteiger partial charge in [0.05, 0.1) is 19.9 Å². The van der Waals surface area contributed by atoms with Gasteiger partial charge in [0.15, 0.2) is 0 Å². The van der Waals surface area contributed by atoms with Gasteiger partial charge in [0.2, 0.25) is 11.8 Å². The SMILES string of the molecule is COc1cccc(CCN(CCC(=O)Nc2cc(C)ccc2OC)C(C)=O)c1. The summed E-state index contributed by atoms with van der Waals surface area (Å²) < 4.78 is 10.5. The summed E-state index contributed by atoms with van der Waals surface area (Å²) in [7, 11) is 3.19. The Bertz CT molecular complexity index is 820. The average Bonchev–Trinajstić information content (AvgIpc) is 2.68. The van der Waals surface area contributed by atoms with Crippen molar-refractivity contribution in [3.8, 4) is 11.5 Å². The van der Waals surface area contributed by atoms with Gasteiger partial charge in [-0.05, 0) is 48.7 Å². The van der Waals surface area contributed by atoms with E-state index in [1.807, 2.05) is 49.4 Å². The Morgan fingerprint density at radius 1 is 1.04 bits per heavy atom. The molecule has 0 fully saturated rings. The smallest absolute Gasteiger partial charge is 0.226 e. The molecule has 6 heteroatoms. The minimum Gasteiger partial charge on any atom is -0.497 e. The second-order valence-corrected chi connectivity index (χ2v) is 6.61. The van der Waals surface area contributed by atoms with Crippen molar-refractivity contribution in [3.63, 3.8) is 0 Å². The molecule has 0 aliphatic carbocycles. The van der Waals surface area contributed by atoms with Crippen molar-refractivity contribution < 1.29 is 19.1 Å². The van der Waals surface area contributed by atoms with E-state index in [9.17, 15) is 9.59 Å². The van der Waals surface area contributed by atoms with Crippen LogP contribution >= 0.6 is 0 Å². The number of hydrogen-bond donors (Lipinski definition) is 1. The predicted octanol–water partition coefficient (Wildman–Crippen LogP) is 3.43. The number of hydrogen-bond acceptors (Lipinski definition) is 4. The third-order valence-electron chi connectivity index (χ3n) is 4.49. The van der Waals surface area contributed by atoms with Crippen LogP contribution in [0, 0.1) is 6.92 Å². The minimum absolute atomic E-state index is 0.0520. The highest BCUT2D eigenvalue weighted by Gasteiger charge is 2.13. The van der Waals surface area contributed by atoms with Gasteiger partial charge in [0.25, 0.3) is 0 Å². The Kier molecular flexibility index (Phi) is 7.87. The standard InChI is InChI=1S/C22H28N2O4/c1-16-8-9-21(28-4)20(14-16)23-22(26)11-13-24(17(2)25)12-10-18-6-5-7-19(15-18)27-3/h5-9,14-15H,10-13H2,1-4H3,(H,23,26). The molecule has 0 radical (unpaired) electrons. The van der Waals surface area contributed by atoms with Gasteiger partial charge in [-0.2, -0.15) is 0 Å². The zero-order valence-corrected chi connectivity index (χ0v) is 17.0. The summed E-state index contributed by atoms with van der Waals surface area (Å²) >= 11 is 0. The van der Waals surface area contributed by atoms with Crippen LogP contribution in [0.15, 0.2) is 42.5 Å². The molecule has 0 spiro atoms. The van der Waals surface area contributed by atoms with Crippen molar-refractivity contribution in [1.82, 2.24) is 4.90 Å². The maximum Gasteiger partial charge on any atom is 0.226 e. The number of nitrogens with zero attached hydrogens (tertiary/aromatic N) is 1. The van der Waals surface area contributed by atoms with E-state index in [0.717, 1.165) is 16.9 Å². The molecule has 6 nitrogen and oxygen atoms in total. The molecule has 2 aromatic rings. The average molecular weight is 384 g/mol. The summed E-state index contributed by atoms with van der Waals surface area (Å²) in [6, 6.07) is 13.4. The van der Waals surface area contributed by atoms with E-state index in [4.69, 9.17) is 9.47 Å². The fraction of sp³-hybridized carbons (Fsp3) is 0.364. The Morgan fingerprint density at radius 2 is 1.82 bits per heavy atom. The van der Waals surface area contributed by atoms with Crippen LogP contribution in [0.1, 0.15) is 24.5 Å². The van der Waals surface area contributed by atoms with Gasteiger partial charge in [-0.15, -0.1) is 0 Å². The number of rotatable bonds is 9. The highest BCUT2D eigenvalue weighted by Crippen LogP contribution is 2.25. The van der Waals surface area contributed by atoms with Crippen LogP contribution < -0.4 is 14.8 Å². The quantitative estimate of drug-likeness (QED) is 0.719. The largest absolute Gasteiger partial charge is 0.497 e. The first kappa shape index (κ1) is 21.3. The lowest BCUT2D eigenvalue weighted by Gasteiger charge is -2.21. The van der Waals surface area contributed by atoms with Gasteiger partial charge in [-0.1, -0.05) is 18.2 Å². The van der Waals surface area contributed by atoms with E-state index < -0.39 is 0 Å². The van der Waals surface area contributed by atoms with Crippen LogP contribution in [0.25, 0.3) is 0 Å². The third kappa shape index (κ3) is 6.30. The summed E-state index contributed by atoms with van der Waals surface area (Å²) in [5.74, 6) is 1.19. The highest BCUT2D eigenvalue weighted by molar-refractivity contribution is 5.92. The molecule has 0 saturated heterocycles. The molecule has 28 heavy (non-hydrogen) atoms. The molecule has 150 valence electrons. The molecule has 2 amide bonds. The number of methoxy groups -OCH3 is 2. The van der Waals surface area contributed by atoms with Crippen molar-refractivity contribution in [1.29, 1.82) is 0 Å². The van der Waals surface area contributed by atoms with E-state index in [-0.39, 0.29) is 18.2 Å². The molecular formula is C22H28N2O4. The van der Waals surface area contributed by atoms with Gasteiger partial charge in [0, 0.05) is 26.4 Å². The lowest BCUT2D eigenvalue weighted by Crippen LogP contribution is -2.33. The number of ether oxygens (including phenoxy) is 2. The van der Waals surface area contributed by atoms with E-state index in [2.05, 4.69) is 5.32 Å². The molecule has 2 aromatic carbocycles. The summed E-state index contributed by atoms with van der Waals surface area (Å²) in [6.07, 6.45) is 0.916. The van der Waals surface area contributed by atoms with Crippen LogP contribution in [-0.2, 0) is 16.0 Å². The fourth-order valence-electron chi connectivity index (χ4n) is 2.89. The van der Waals surface area contributed by atoms with Crippen molar-refractivity contribution in [2.45, 2.75) is 26.7 Å². The highest BCUT2D eigenvalue weighted by atomic mass is 16.5. The maximum atomic E-state index is 12.4. The monoisotopic (exact) mass is 384 g/mol. The number of nitrogens with one attached hydrogen (secondary N) is 1. The summed E-state index contributed by atoms with van der Waals surface area (Å²) in [5.41, 5.74) is 2.75. The lowest BCUT2D eigenvalue weighted by atomic mass is 10.1. The topological polar surface area (TPSA) is 67.9 Å². The molecule has 0 bridgehead atoms. The van der Waals surface area contributed by atoms with Crippen molar-refractivity contribution in [2.24, 2.45) is 0 Å². The zero-order chi connectivity index (χ0) is 20.5. The summed E-state index contributed by atoms with van der Waals surface area (Å²) in [4.78, 5) is 26.0. The third-order valence-corrected chi connectivity index (χ3v) is 4.49. The van der Waals surface area contributed by atoms with Gasteiger partial charge in [-0.3, -0.25) is 9.59 Å². The molecule has 0 saturated carbocycles. The predicted molar refractivity (Wildman–Crippen MR) is 110 cm³/mol. The number of amides is 2. The fourth-order valence-corrected chi connectivity index (χ4v) is 2.89. The lowest BCUT2D eigenvalue weighted by molar-refractivity contribution is -0.129. The first-order valence-electron chi connectivity index (χ1n) is 9.26. The van der Waals surface area contributed by atoms with Crippen LogP contribution in [0.5, 0.6) is 11.5 Å². The van der Waals surface area contributed by atoms with Gasteiger partial charge in [0.1, 0.15) is 11.5 Å². The molecule has 0 heterocycles. The minimum atomic E-state index is -0.156. The molecule has 2 rings (SSSR count). The van der Waals surface area contributed by atoms with Gasteiger partial charge < -0.3 is 19.7 Å². The second kappa shape index (κ2) is 10.3. The van der Waals surface area contributed by atoms with Crippen LogP contribution in [0.2, 0.25) is 0 Å². The summed E-state index contributed by atoms with van der Waals surface area (Å²) in [6.45, 7) is 4.38. The van der Waals surface area contributed by atoms with E-state index >= 15 is 0 Å². The summed E-state index contributed by atoms with van der Waals surface area (Å²) in [5, 5.41) is 2.87. The van der Waals surface area contributed by atoms with Crippen LogP contribution in [-0.4, -0.2) is 44.0 Å². The number of anilines is 1. The molecule has 0 aliphatic heterocycles. The first-order chi connectivity index (χ1) is 13.4. The van der Waals surface area contributed by atoms with E-state index in [1.54, 1.807) is 19.1 Å². The van der Waals surface area contributed by atoms with E-state index in [0.29, 0.717) is 30.9 Å². The van der Waals surface area contributed by atoms with Crippen LogP contribution in [0.3, 0.4) is 0 Å². The Morgan fingerprint density at radius 3 is 2.50 bits per heavy atom. The molecule has 0 atom stereocenters. The van der Waals surface area contributed by atoms with Crippen molar-refractivity contribution in [2.75, 3.05) is 32.6 Å². The van der Waals surface area contributed by atoms with Crippen LogP contribution in [0.4, 0.5) is 5.69 Å². The van der Waals surface area contributed by atoms with Crippen molar-refractivity contribution >= 4 is 17.5 Å². The number of benzene rings is 2. The van der Waals surface area contributed by atoms with Crippen molar-refractivity contribution in [3.05, 3.63) is 53.6 Å². The number of aryl methyl sites for hydroxylation is 1. The molecule has 0 aliphatic rings. The molecule has 0 unspecified atom stereocenters. The molecule has 1 N–H and O–H groups in total. The maximum absolute atomic E-state index is 12.4. The van der Waals surface area contributed by atoms with Gasteiger partial charge >= 0.3 is 0 Å². The Balaban J connectivity index is 1.91. The molecular weight excluding hydrogens is 356 g/mol. The Hall–Kier alpha value is -3.02. The van der Waals surface area contributed by atoms with Gasteiger partial charge in [-0.25, -0.2) is 0 Å². The number of carbonyl (C=O) groups is 2. The Labute approximate surface area is 166 Å². The first-order valence-corrected chi connectivity index (χ1v) is 9.26. The number of carbonyl (C=O) groups excluding carboxylic acids is 2. The zero-order valence-electron chi connectivity index (χ0n) is 17.0. The second-order valence-electron chi connectivity index (χ2n) is 6.61.